The quantitative estimate of drug-likeness (QED) is 0.571. The first-order valence-corrected chi connectivity index (χ1v) is 11.1. The minimum Gasteiger partial charge on any atom is -0.494 e. The summed E-state index contributed by atoms with van der Waals surface area (Å²) in [5, 5.41) is 2.12. The largest absolute Gasteiger partial charge is 0.494 e. The molecule has 1 fully saturated rings. The number of hydrogen-bond donors (Lipinski definition) is 1. The number of hydrogen-bond acceptors (Lipinski definition) is 5. The van der Waals surface area contributed by atoms with Crippen molar-refractivity contribution in [2.75, 3.05) is 57.8 Å². The molecule has 0 unspecified atom stereocenters. The van der Waals surface area contributed by atoms with Gasteiger partial charge >= 0.3 is 6.18 Å². The van der Waals surface area contributed by atoms with Gasteiger partial charge in [0.05, 0.1) is 23.7 Å². The molecule has 0 atom stereocenters. The number of amides is 1. The number of alkyl halides is 3. The van der Waals surface area contributed by atoms with Crippen molar-refractivity contribution in [3.63, 3.8) is 0 Å². The zero-order chi connectivity index (χ0) is 23.8. The van der Waals surface area contributed by atoms with Crippen LogP contribution in [0.4, 0.5) is 18.9 Å². The molecule has 1 amide bonds. The molecule has 10 heteroatoms. The number of halogens is 4. The summed E-state index contributed by atoms with van der Waals surface area (Å²) in [5.41, 5.74) is -0.898. The second-order valence-electron chi connectivity index (χ2n) is 7.61. The van der Waals surface area contributed by atoms with Crippen molar-refractivity contribution in [3.8, 4) is 11.5 Å². The van der Waals surface area contributed by atoms with Crippen LogP contribution in [0.1, 0.15) is 12.5 Å². The second-order valence-corrected chi connectivity index (χ2v) is 8.02. The van der Waals surface area contributed by atoms with Crippen LogP contribution in [0.15, 0.2) is 42.5 Å². The van der Waals surface area contributed by atoms with Crippen LogP contribution in [-0.2, 0) is 11.0 Å². The Labute approximate surface area is 196 Å². The molecular formula is C23H27ClF3N3O3. The Morgan fingerprint density at radius 2 is 1.61 bits per heavy atom. The molecule has 180 valence electrons. The zero-order valence-electron chi connectivity index (χ0n) is 18.3. The summed E-state index contributed by atoms with van der Waals surface area (Å²) in [6.45, 7) is 6.90. The van der Waals surface area contributed by atoms with E-state index >= 15 is 0 Å². The van der Waals surface area contributed by atoms with E-state index in [0.29, 0.717) is 26.3 Å². The Kier molecular flexibility index (Phi) is 8.82. The summed E-state index contributed by atoms with van der Waals surface area (Å²) in [6.07, 6.45) is -4.58. The molecule has 2 aromatic rings. The Hall–Kier alpha value is -2.49. The van der Waals surface area contributed by atoms with Crippen LogP contribution in [0, 0.1) is 0 Å². The molecule has 2 aromatic carbocycles. The summed E-state index contributed by atoms with van der Waals surface area (Å²) < 4.78 is 50.1. The van der Waals surface area contributed by atoms with Crippen LogP contribution in [0.25, 0.3) is 0 Å². The third kappa shape index (κ3) is 7.80. The highest BCUT2D eigenvalue weighted by Crippen LogP contribution is 2.36. The number of benzene rings is 2. The maximum atomic E-state index is 13.0. The molecule has 0 spiro atoms. The van der Waals surface area contributed by atoms with E-state index in [4.69, 9.17) is 21.1 Å². The summed E-state index contributed by atoms with van der Waals surface area (Å²) >= 11 is 5.62. The van der Waals surface area contributed by atoms with Crippen LogP contribution in [0.5, 0.6) is 11.5 Å². The molecule has 1 aliphatic rings. The van der Waals surface area contributed by atoms with Gasteiger partial charge in [0.1, 0.15) is 18.1 Å². The van der Waals surface area contributed by atoms with Gasteiger partial charge in [-0.05, 0) is 49.4 Å². The van der Waals surface area contributed by atoms with Gasteiger partial charge in [0.2, 0.25) is 5.91 Å². The average Bonchev–Trinajstić information content (AvgIpc) is 2.77. The molecular weight excluding hydrogens is 459 g/mol. The van der Waals surface area contributed by atoms with Crippen molar-refractivity contribution in [3.05, 3.63) is 53.1 Å². The Bertz CT molecular complexity index is 917. The first-order chi connectivity index (χ1) is 15.7. The van der Waals surface area contributed by atoms with Gasteiger partial charge in [0, 0.05) is 38.4 Å². The van der Waals surface area contributed by atoms with Crippen LogP contribution < -0.4 is 14.8 Å². The number of nitrogens with zero attached hydrogens (tertiary/aromatic N) is 2. The lowest BCUT2D eigenvalue weighted by atomic mass is 10.2. The normalized spacial score (nSPS) is 15.3. The molecule has 1 aliphatic heterocycles. The van der Waals surface area contributed by atoms with Gasteiger partial charge in [0.15, 0.2) is 0 Å². The molecule has 1 N–H and O–H groups in total. The number of piperazine rings is 1. The van der Waals surface area contributed by atoms with Gasteiger partial charge in [-0.2, -0.15) is 13.2 Å². The van der Waals surface area contributed by atoms with E-state index in [9.17, 15) is 18.0 Å². The highest BCUT2D eigenvalue weighted by atomic mass is 35.5. The second kappa shape index (κ2) is 11.6. The lowest BCUT2D eigenvalue weighted by Crippen LogP contribution is -2.49. The molecule has 6 nitrogen and oxygen atoms in total. The monoisotopic (exact) mass is 485 g/mol. The molecule has 0 bridgehead atoms. The maximum absolute atomic E-state index is 13.0. The molecule has 3 rings (SSSR count). The molecule has 1 saturated heterocycles. The van der Waals surface area contributed by atoms with Gasteiger partial charge in [0.25, 0.3) is 0 Å². The molecule has 0 saturated carbocycles. The number of rotatable bonds is 9. The van der Waals surface area contributed by atoms with Crippen LogP contribution in [0.3, 0.4) is 0 Å². The molecule has 0 aromatic heterocycles. The minimum absolute atomic E-state index is 0.0711. The van der Waals surface area contributed by atoms with E-state index in [0.717, 1.165) is 43.3 Å². The molecule has 1 heterocycles. The highest BCUT2D eigenvalue weighted by Gasteiger charge is 2.33. The van der Waals surface area contributed by atoms with Crippen molar-refractivity contribution in [1.29, 1.82) is 0 Å². The van der Waals surface area contributed by atoms with E-state index < -0.39 is 16.8 Å². The molecule has 0 aliphatic carbocycles. The van der Waals surface area contributed by atoms with Crippen LogP contribution in [-0.4, -0.2) is 68.2 Å². The predicted molar refractivity (Wildman–Crippen MR) is 121 cm³/mol. The topological polar surface area (TPSA) is 54.0 Å². The Morgan fingerprint density at radius 3 is 2.21 bits per heavy atom. The van der Waals surface area contributed by atoms with E-state index in [1.54, 1.807) is 0 Å². The summed E-state index contributed by atoms with van der Waals surface area (Å²) in [6, 6.07) is 10.8. The fourth-order valence-corrected chi connectivity index (χ4v) is 3.71. The van der Waals surface area contributed by atoms with Gasteiger partial charge < -0.3 is 14.8 Å². The number of ether oxygens (including phenoxy) is 2. The Morgan fingerprint density at radius 1 is 1.00 bits per heavy atom. The fraction of sp³-hybridized carbons (Fsp3) is 0.435. The van der Waals surface area contributed by atoms with Crippen molar-refractivity contribution in [2.45, 2.75) is 13.1 Å². The van der Waals surface area contributed by atoms with Gasteiger partial charge in [-0.3, -0.25) is 14.6 Å². The van der Waals surface area contributed by atoms with E-state index in [1.165, 1.54) is 6.07 Å². The average molecular weight is 486 g/mol. The third-order valence-electron chi connectivity index (χ3n) is 5.20. The SMILES string of the molecule is CCOc1ccc(OCCN2CCN(CC(=O)Nc3ccc(Cl)c(C(F)(F)F)c3)CC2)cc1. The number of carbonyl (C=O) groups excluding carboxylic acids is 1. The number of carbonyl (C=O) groups is 1. The Balaban J connectivity index is 1.37. The van der Waals surface area contributed by atoms with Crippen molar-refractivity contribution in [1.82, 2.24) is 9.80 Å². The fourth-order valence-electron chi connectivity index (χ4n) is 3.49. The van der Waals surface area contributed by atoms with Crippen molar-refractivity contribution in [2.24, 2.45) is 0 Å². The molecule has 33 heavy (non-hydrogen) atoms. The van der Waals surface area contributed by atoms with Gasteiger partial charge in [-0.25, -0.2) is 0 Å². The third-order valence-corrected chi connectivity index (χ3v) is 5.53. The lowest BCUT2D eigenvalue weighted by molar-refractivity contribution is -0.137. The van der Waals surface area contributed by atoms with Crippen LogP contribution in [0.2, 0.25) is 5.02 Å². The summed E-state index contributed by atoms with van der Waals surface area (Å²) in [4.78, 5) is 16.5. The number of nitrogens with one attached hydrogen (secondary N) is 1. The van der Waals surface area contributed by atoms with E-state index in [1.807, 2.05) is 36.1 Å². The van der Waals surface area contributed by atoms with Gasteiger partial charge in [-0.15, -0.1) is 0 Å². The van der Waals surface area contributed by atoms with E-state index in [-0.39, 0.29) is 18.1 Å². The predicted octanol–water partition coefficient (Wildman–Crippen LogP) is 4.39. The molecule has 0 radical (unpaired) electrons. The number of anilines is 1. The lowest BCUT2D eigenvalue weighted by Gasteiger charge is -2.34. The highest BCUT2D eigenvalue weighted by molar-refractivity contribution is 6.31. The standard InChI is InChI=1S/C23H27ClF3N3O3/c1-2-32-18-4-6-19(7-5-18)33-14-13-29-9-11-30(12-10-29)16-22(31)28-17-3-8-21(24)20(15-17)23(25,26)27/h3-8,15H,2,9-14,16H2,1H3,(H,28,31). The maximum Gasteiger partial charge on any atom is 0.417 e. The minimum atomic E-state index is -4.58. The van der Waals surface area contributed by atoms with Crippen LogP contribution >= 0.6 is 11.6 Å². The first kappa shape index (κ1) is 25.1. The zero-order valence-corrected chi connectivity index (χ0v) is 19.1. The van der Waals surface area contributed by atoms with Gasteiger partial charge in [-0.1, -0.05) is 11.6 Å². The summed E-state index contributed by atoms with van der Waals surface area (Å²) in [5.74, 6) is 1.23. The smallest absolute Gasteiger partial charge is 0.417 e. The first-order valence-electron chi connectivity index (χ1n) is 10.7. The van der Waals surface area contributed by atoms with Crippen molar-refractivity contribution < 1.29 is 27.4 Å². The van der Waals surface area contributed by atoms with Crippen molar-refractivity contribution >= 4 is 23.2 Å². The van der Waals surface area contributed by atoms with E-state index in [2.05, 4.69) is 10.2 Å². The summed E-state index contributed by atoms with van der Waals surface area (Å²) in [7, 11) is 0.